The maximum absolute atomic E-state index is 12.9. The van der Waals surface area contributed by atoms with Crippen molar-refractivity contribution < 1.29 is 14.3 Å². The number of rotatable bonds is 4. The molecule has 0 atom stereocenters. The average Bonchev–Trinajstić information content (AvgIpc) is 3.08. The summed E-state index contributed by atoms with van der Waals surface area (Å²) in [5, 5.41) is 14.1. The fraction of sp³-hybridized carbons (Fsp3) is 0.500. The van der Waals surface area contributed by atoms with E-state index in [4.69, 9.17) is 4.42 Å². The Labute approximate surface area is 154 Å². The number of carbonyl (C=O) groups excluding carboxylic acids is 1. The lowest BCUT2D eigenvalue weighted by Crippen LogP contribution is -2.36. The molecule has 0 aromatic carbocycles. The molecule has 0 saturated carbocycles. The van der Waals surface area contributed by atoms with E-state index in [-0.39, 0.29) is 17.7 Å². The highest BCUT2D eigenvalue weighted by molar-refractivity contribution is 5.91. The summed E-state index contributed by atoms with van der Waals surface area (Å²) in [5.41, 5.74) is 1.89. The van der Waals surface area contributed by atoms with Gasteiger partial charge in [0.1, 0.15) is 5.60 Å². The molecule has 0 radical (unpaired) electrons. The van der Waals surface area contributed by atoms with Gasteiger partial charge in [-0.15, -0.1) is 0 Å². The molecule has 1 N–H and O–H groups in total. The third-order valence-corrected chi connectivity index (χ3v) is 4.18. The van der Waals surface area contributed by atoms with Crippen LogP contribution in [0.1, 0.15) is 61.0 Å². The van der Waals surface area contributed by atoms with Crippen molar-refractivity contribution >= 4 is 5.91 Å². The maximum atomic E-state index is 12.9. The first-order valence-electron chi connectivity index (χ1n) is 8.65. The largest absolute Gasteiger partial charge is 0.443 e. The lowest BCUT2D eigenvalue weighted by Gasteiger charge is -2.26. The van der Waals surface area contributed by atoms with Crippen LogP contribution in [0.15, 0.2) is 16.5 Å². The molecule has 0 unspecified atom stereocenters. The van der Waals surface area contributed by atoms with Crippen LogP contribution in [0.5, 0.6) is 0 Å². The van der Waals surface area contributed by atoms with E-state index in [1.807, 2.05) is 39.4 Å². The summed E-state index contributed by atoms with van der Waals surface area (Å²) >= 11 is 0. The highest BCUT2D eigenvalue weighted by Crippen LogP contribution is 2.19. The van der Waals surface area contributed by atoms with Crippen molar-refractivity contribution in [3.8, 4) is 11.8 Å². The quantitative estimate of drug-likeness (QED) is 0.854. The Morgan fingerprint density at radius 2 is 2.04 bits per heavy atom. The smallest absolute Gasteiger partial charge is 0.290 e. The molecule has 6 heteroatoms. The third-order valence-electron chi connectivity index (χ3n) is 4.18. The van der Waals surface area contributed by atoms with Gasteiger partial charge in [0.15, 0.2) is 11.5 Å². The molecule has 0 aliphatic rings. The first-order chi connectivity index (χ1) is 12.0. The second kappa shape index (κ2) is 7.38. The number of furan rings is 1. The van der Waals surface area contributed by atoms with Gasteiger partial charge in [-0.25, -0.2) is 0 Å². The fourth-order valence-electron chi connectivity index (χ4n) is 2.58. The normalized spacial score (nSPS) is 11.4. The van der Waals surface area contributed by atoms with Gasteiger partial charge in [-0.1, -0.05) is 5.92 Å². The Morgan fingerprint density at radius 1 is 1.38 bits per heavy atom. The number of hydrogen-bond acceptors (Lipinski definition) is 4. The van der Waals surface area contributed by atoms with E-state index in [0.717, 1.165) is 17.0 Å². The molecule has 0 spiro atoms. The van der Waals surface area contributed by atoms with Gasteiger partial charge < -0.3 is 14.4 Å². The molecule has 6 nitrogen and oxygen atoms in total. The van der Waals surface area contributed by atoms with Crippen LogP contribution >= 0.6 is 0 Å². The first kappa shape index (κ1) is 19.8. The Balaban J connectivity index is 2.26. The second-order valence-electron chi connectivity index (χ2n) is 7.27. The zero-order chi connectivity index (χ0) is 19.6. The molecule has 0 fully saturated rings. The van der Waals surface area contributed by atoms with Gasteiger partial charge in [0.2, 0.25) is 0 Å². The summed E-state index contributed by atoms with van der Waals surface area (Å²) in [4.78, 5) is 14.7. The Kier molecular flexibility index (Phi) is 5.62. The molecule has 26 heavy (non-hydrogen) atoms. The van der Waals surface area contributed by atoms with Crippen molar-refractivity contribution in [3.05, 3.63) is 40.6 Å². The summed E-state index contributed by atoms with van der Waals surface area (Å²) in [6, 6.07) is 3.26. The molecule has 0 bridgehead atoms. The van der Waals surface area contributed by atoms with E-state index >= 15 is 0 Å². The van der Waals surface area contributed by atoms with Crippen molar-refractivity contribution in [3.63, 3.8) is 0 Å². The van der Waals surface area contributed by atoms with Gasteiger partial charge in [-0.2, -0.15) is 5.10 Å². The number of carbonyl (C=O) groups is 1. The van der Waals surface area contributed by atoms with Gasteiger partial charge in [0, 0.05) is 30.9 Å². The lowest BCUT2D eigenvalue weighted by atomic mass is 10.1. The minimum absolute atomic E-state index is 0.00230. The van der Waals surface area contributed by atoms with E-state index in [1.54, 1.807) is 30.9 Å². The predicted molar refractivity (Wildman–Crippen MR) is 99.6 cm³/mol. The predicted octanol–water partition coefficient (Wildman–Crippen LogP) is 2.80. The third kappa shape index (κ3) is 4.55. The number of aromatic nitrogens is 2. The van der Waals surface area contributed by atoms with Crippen LogP contribution in [-0.4, -0.2) is 37.3 Å². The van der Waals surface area contributed by atoms with E-state index in [2.05, 4.69) is 16.9 Å². The number of amides is 1. The van der Waals surface area contributed by atoms with Crippen LogP contribution in [-0.2, 0) is 13.6 Å². The number of nitrogens with zero attached hydrogens (tertiary/aromatic N) is 3. The van der Waals surface area contributed by atoms with E-state index in [9.17, 15) is 9.90 Å². The first-order valence-corrected chi connectivity index (χ1v) is 8.65. The summed E-state index contributed by atoms with van der Waals surface area (Å²) in [6.07, 6.45) is 0. The minimum Gasteiger partial charge on any atom is -0.443 e. The molecule has 0 aliphatic heterocycles. The van der Waals surface area contributed by atoms with Crippen LogP contribution < -0.4 is 0 Å². The minimum atomic E-state index is -1.11. The van der Waals surface area contributed by atoms with Gasteiger partial charge >= 0.3 is 0 Å². The van der Waals surface area contributed by atoms with Crippen molar-refractivity contribution in [2.75, 3.05) is 0 Å². The molecule has 1 amide bonds. The monoisotopic (exact) mass is 357 g/mol. The fourth-order valence-corrected chi connectivity index (χ4v) is 2.58. The number of aryl methyl sites for hydroxylation is 2. The maximum Gasteiger partial charge on any atom is 0.290 e. The van der Waals surface area contributed by atoms with Crippen molar-refractivity contribution in [2.45, 2.75) is 59.7 Å². The highest BCUT2D eigenvalue weighted by Gasteiger charge is 2.24. The molecule has 2 rings (SSSR count). The van der Waals surface area contributed by atoms with Crippen molar-refractivity contribution in [1.29, 1.82) is 0 Å². The zero-order valence-electron chi connectivity index (χ0n) is 16.5. The van der Waals surface area contributed by atoms with Crippen LogP contribution in [0.2, 0.25) is 0 Å². The van der Waals surface area contributed by atoms with Gasteiger partial charge in [-0.3, -0.25) is 9.48 Å². The van der Waals surface area contributed by atoms with Crippen molar-refractivity contribution in [2.24, 2.45) is 7.05 Å². The summed E-state index contributed by atoms with van der Waals surface area (Å²) in [6.45, 7) is 11.5. The molecular formula is C20H27N3O3. The highest BCUT2D eigenvalue weighted by atomic mass is 16.4. The van der Waals surface area contributed by atoms with Crippen LogP contribution in [0.4, 0.5) is 0 Å². The summed E-state index contributed by atoms with van der Waals surface area (Å²) in [5.74, 6) is 5.82. The Bertz CT molecular complexity index is 857. The lowest BCUT2D eigenvalue weighted by molar-refractivity contribution is 0.0656. The second-order valence-corrected chi connectivity index (χ2v) is 7.27. The molecule has 0 aliphatic carbocycles. The molecule has 2 aromatic rings. The van der Waals surface area contributed by atoms with Crippen LogP contribution in [0, 0.1) is 25.7 Å². The van der Waals surface area contributed by atoms with E-state index < -0.39 is 5.60 Å². The van der Waals surface area contributed by atoms with E-state index in [0.29, 0.717) is 12.3 Å². The molecular weight excluding hydrogens is 330 g/mol. The molecule has 2 heterocycles. The molecule has 140 valence electrons. The molecule has 2 aromatic heterocycles. The van der Waals surface area contributed by atoms with Crippen LogP contribution in [0.3, 0.4) is 0 Å². The Hall–Kier alpha value is -2.52. The van der Waals surface area contributed by atoms with Crippen molar-refractivity contribution in [1.82, 2.24) is 14.7 Å². The number of aliphatic hydroxyl groups is 1. The summed E-state index contributed by atoms with van der Waals surface area (Å²) < 4.78 is 7.40. The van der Waals surface area contributed by atoms with Gasteiger partial charge in [0.05, 0.1) is 5.69 Å². The SMILES string of the molecule is Cc1nn(C)c(C)c1CN(C(=O)c1ccc(C#CC(C)(C)O)o1)C(C)C. The van der Waals surface area contributed by atoms with Gasteiger partial charge in [0.25, 0.3) is 5.91 Å². The standard InChI is InChI=1S/C20H27N3O3/c1-13(2)23(12-17-14(3)21-22(7)15(17)4)19(24)18-9-8-16(26-18)10-11-20(5,6)25/h8-9,13,25H,12H2,1-7H3. The molecule has 0 saturated heterocycles. The average molecular weight is 357 g/mol. The van der Waals surface area contributed by atoms with Gasteiger partial charge in [-0.05, 0) is 59.6 Å². The Morgan fingerprint density at radius 3 is 2.54 bits per heavy atom. The summed E-state index contributed by atoms with van der Waals surface area (Å²) in [7, 11) is 1.90. The zero-order valence-corrected chi connectivity index (χ0v) is 16.5. The van der Waals surface area contributed by atoms with Crippen LogP contribution in [0.25, 0.3) is 0 Å². The van der Waals surface area contributed by atoms with E-state index in [1.165, 1.54) is 0 Å². The number of hydrogen-bond donors (Lipinski definition) is 1. The topological polar surface area (TPSA) is 71.5 Å².